The van der Waals surface area contributed by atoms with E-state index in [0.717, 1.165) is 83.5 Å². The van der Waals surface area contributed by atoms with E-state index < -0.39 is 5.97 Å². The fourth-order valence-electron chi connectivity index (χ4n) is 4.15. The standard InChI is InChI=1S/C36H58O4/c1-3-5-7-9-10-11-12-13-14-15-16-17-18-19-20-21-22-23-29-33-36(39)40-34(30-26-8-6-4-2)31-27-24-25-28-32-35(37)38/h5,7,10-11,13-14,16-17,19-20,22-23,34H,3-4,6,8-9,12,15,18,21,24-33H2,1-2H3,(H,37,38)/b7-5-,11-10-,14-13-,17-16-,20-19-,23-22-. The number of hydrogen-bond acceptors (Lipinski definition) is 3. The van der Waals surface area contributed by atoms with Gasteiger partial charge in [-0.3, -0.25) is 9.59 Å². The Balaban J connectivity index is 4.01. The van der Waals surface area contributed by atoms with Crippen LogP contribution in [-0.4, -0.2) is 23.1 Å². The highest BCUT2D eigenvalue weighted by Gasteiger charge is 2.13. The van der Waals surface area contributed by atoms with Crippen LogP contribution in [0.15, 0.2) is 72.9 Å². The highest BCUT2D eigenvalue weighted by atomic mass is 16.5. The molecule has 1 unspecified atom stereocenters. The lowest BCUT2D eigenvalue weighted by atomic mass is 10.0. The van der Waals surface area contributed by atoms with Crippen molar-refractivity contribution in [3.05, 3.63) is 72.9 Å². The summed E-state index contributed by atoms with van der Waals surface area (Å²) in [5.41, 5.74) is 0. The van der Waals surface area contributed by atoms with Crippen LogP contribution in [0.25, 0.3) is 0 Å². The van der Waals surface area contributed by atoms with Crippen molar-refractivity contribution in [3.63, 3.8) is 0 Å². The summed E-state index contributed by atoms with van der Waals surface area (Å²) in [6, 6.07) is 0. The molecule has 0 radical (unpaired) electrons. The van der Waals surface area contributed by atoms with E-state index in [0.29, 0.717) is 12.8 Å². The Kier molecular flexibility index (Phi) is 28.9. The molecule has 1 N–H and O–H groups in total. The van der Waals surface area contributed by atoms with Gasteiger partial charge in [0.05, 0.1) is 0 Å². The minimum atomic E-state index is -0.727. The average Bonchev–Trinajstić information content (AvgIpc) is 2.93. The number of unbranched alkanes of at least 4 members (excludes halogenated alkanes) is 6. The van der Waals surface area contributed by atoms with Gasteiger partial charge in [0, 0.05) is 12.8 Å². The van der Waals surface area contributed by atoms with Gasteiger partial charge in [-0.2, -0.15) is 0 Å². The van der Waals surface area contributed by atoms with Crippen LogP contribution in [0.2, 0.25) is 0 Å². The zero-order valence-corrected chi connectivity index (χ0v) is 25.6. The minimum Gasteiger partial charge on any atom is -0.481 e. The van der Waals surface area contributed by atoms with Crippen molar-refractivity contribution >= 4 is 11.9 Å². The molecular formula is C36H58O4. The molecule has 0 amide bonds. The van der Waals surface area contributed by atoms with E-state index in [9.17, 15) is 9.59 Å². The number of carboxylic acids is 1. The highest BCUT2D eigenvalue weighted by molar-refractivity contribution is 5.69. The van der Waals surface area contributed by atoms with E-state index in [1.165, 1.54) is 19.3 Å². The van der Waals surface area contributed by atoms with Crippen molar-refractivity contribution < 1.29 is 19.4 Å². The SMILES string of the molecule is CC/C=C\C/C=C\C/C=C\C/C=C\C/C=C\C/C=C\CCC(=O)OC(CCCCCC)CCCCCCC(=O)O. The van der Waals surface area contributed by atoms with E-state index in [1.54, 1.807) is 0 Å². The monoisotopic (exact) mass is 554 g/mol. The molecule has 0 fully saturated rings. The number of rotatable bonds is 27. The summed E-state index contributed by atoms with van der Waals surface area (Å²) in [4.78, 5) is 23.0. The van der Waals surface area contributed by atoms with Crippen molar-refractivity contribution in [2.45, 2.75) is 142 Å². The zero-order valence-electron chi connectivity index (χ0n) is 25.6. The average molecular weight is 555 g/mol. The third kappa shape index (κ3) is 29.9. The lowest BCUT2D eigenvalue weighted by Crippen LogP contribution is -2.18. The second-order valence-corrected chi connectivity index (χ2v) is 10.3. The van der Waals surface area contributed by atoms with Gasteiger partial charge in [0.15, 0.2) is 0 Å². The molecule has 0 aromatic carbocycles. The molecule has 0 bridgehead atoms. The van der Waals surface area contributed by atoms with Gasteiger partial charge < -0.3 is 9.84 Å². The zero-order chi connectivity index (χ0) is 29.4. The smallest absolute Gasteiger partial charge is 0.306 e. The maximum atomic E-state index is 12.4. The Morgan fingerprint density at radius 1 is 0.575 bits per heavy atom. The van der Waals surface area contributed by atoms with E-state index in [1.807, 2.05) is 0 Å². The summed E-state index contributed by atoms with van der Waals surface area (Å²) >= 11 is 0. The highest BCUT2D eigenvalue weighted by Crippen LogP contribution is 2.17. The first kappa shape index (κ1) is 37.4. The molecule has 0 saturated heterocycles. The Hall–Kier alpha value is -2.62. The molecule has 0 spiro atoms. The number of carbonyl (C=O) groups excluding carboxylic acids is 1. The van der Waals surface area contributed by atoms with Gasteiger partial charge in [-0.05, 0) is 77.0 Å². The fraction of sp³-hybridized carbons (Fsp3) is 0.611. The molecule has 0 rings (SSSR count). The topological polar surface area (TPSA) is 63.6 Å². The quantitative estimate of drug-likeness (QED) is 0.0623. The lowest BCUT2D eigenvalue weighted by molar-refractivity contribution is -0.149. The lowest BCUT2D eigenvalue weighted by Gasteiger charge is -2.18. The number of carbonyl (C=O) groups is 2. The van der Waals surface area contributed by atoms with Gasteiger partial charge in [-0.1, -0.05) is 119 Å². The Morgan fingerprint density at radius 2 is 1.02 bits per heavy atom. The number of hydrogen-bond donors (Lipinski definition) is 1. The van der Waals surface area contributed by atoms with Crippen LogP contribution < -0.4 is 0 Å². The first-order valence-corrected chi connectivity index (χ1v) is 15.9. The van der Waals surface area contributed by atoms with Crippen LogP contribution in [0.3, 0.4) is 0 Å². The summed E-state index contributed by atoms with van der Waals surface area (Å²) in [5, 5.41) is 8.75. The first-order valence-electron chi connectivity index (χ1n) is 15.9. The van der Waals surface area contributed by atoms with Crippen molar-refractivity contribution in [3.8, 4) is 0 Å². The molecule has 0 aliphatic carbocycles. The van der Waals surface area contributed by atoms with Gasteiger partial charge in [-0.25, -0.2) is 0 Å². The number of carboxylic acid groups (broad SMARTS) is 1. The van der Waals surface area contributed by atoms with Gasteiger partial charge >= 0.3 is 11.9 Å². The third-order valence-electron chi connectivity index (χ3n) is 6.46. The molecule has 226 valence electrons. The van der Waals surface area contributed by atoms with Crippen molar-refractivity contribution in [1.29, 1.82) is 0 Å². The Bertz CT molecular complexity index is 770. The third-order valence-corrected chi connectivity index (χ3v) is 6.46. The summed E-state index contributed by atoms with van der Waals surface area (Å²) in [6.07, 6.45) is 43.6. The van der Waals surface area contributed by atoms with Crippen molar-refractivity contribution in [2.24, 2.45) is 0 Å². The Labute approximate surface area is 246 Å². The maximum absolute atomic E-state index is 12.4. The van der Waals surface area contributed by atoms with Crippen molar-refractivity contribution in [1.82, 2.24) is 0 Å². The molecule has 4 heteroatoms. The van der Waals surface area contributed by atoms with Crippen LogP contribution >= 0.6 is 0 Å². The van der Waals surface area contributed by atoms with Gasteiger partial charge in [0.2, 0.25) is 0 Å². The molecular weight excluding hydrogens is 496 g/mol. The molecule has 0 heterocycles. The van der Waals surface area contributed by atoms with Gasteiger partial charge in [0.1, 0.15) is 6.10 Å². The minimum absolute atomic E-state index is 0.00546. The van der Waals surface area contributed by atoms with Crippen LogP contribution in [-0.2, 0) is 14.3 Å². The van der Waals surface area contributed by atoms with Crippen LogP contribution in [0.5, 0.6) is 0 Å². The summed E-state index contributed by atoms with van der Waals surface area (Å²) in [7, 11) is 0. The van der Waals surface area contributed by atoms with Crippen LogP contribution in [0.4, 0.5) is 0 Å². The molecule has 0 aliphatic rings. The Morgan fingerprint density at radius 3 is 1.50 bits per heavy atom. The predicted octanol–water partition coefficient (Wildman–Crippen LogP) is 10.8. The van der Waals surface area contributed by atoms with E-state index in [2.05, 4.69) is 86.8 Å². The number of allylic oxidation sites excluding steroid dienone is 12. The summed E-state index contributed by atoms with van der Waals surface area (Å²) < 4.78 is 5.81. The largest absolute Gasteiger partial charge is 0.481 e. The maximum Gasteiger partial charge on any atom is 0.306 e. The van der Waals surface area contributed by atoms with Crippen LogP contribution in [0.1, 0.15) is 136 Å². The first-order chi connectivity index (χ1) is 19.6. The van der Waals surface area contributed by atoms with E-state index >= 15 is 0 Å². The molecule has 0 saturated carbocycles. The van der Waals surface area contributed by atoms with Gasteiger partial charge in [0.25, 0.3) is 0 Å². The summed E-state index contributed by atoms with van der Waals surface area (Å²) in [6.45, 7) is 4.35. The number of esters is 1. The predicted molar refractivity (Wildman–Crippen MR) is 171 cm³/mol. The second kappa shape index (κ2) is 30.9. The second-order valence-electron chi connectivity index (χ2n) is 10.3. The van der Waals surface area contributed by atoms with Gasteiger partial charge in [-0.15, -0.1) is 0 Å². The molecule has 0 aliphatic heterocycles. The number of aliphatic carboxylic acids is 1. The molecule has 40 heavy (non-hydrogen) atoms. The normalized spacial score (nSPS) is 13.2. The van der Waals surface area contributed by atoms with E-state index in [-0.39, 0.29) is 18.5 Å². The molecule has 4 nitrogen and oxygen atoms in total. The summed E-state index contributed by atoms with van der Waals surface area (Å²) in [5.74, 6) is -0.833. The molecule has 0 aromatic rings. The fourth-order valence-corrected chi connectivity index (χ4v) is 4.15. The van der Waals surface area contributed by atoms with Crippen LogP contribution in [0, 0.1) is 0 Å². The number of ether oxygens (including phenoxy) is 1. The van der Waals surface area contributed by atoms with Crippen molar-refractivity contribution in [2.75, 3.05) is 0 Å². The molecule has 1 atom stereocenters. The van der Waals surface area contributed by atoms with E-state index in [4.69, 9.17) is 9.84 Å². The molecule has 0 aromatic heterocycles.